The van der Waals surface area contributed by atoms with Crippen LogP contribution in [-0.4, -0.2) is 9.78 Å². The van der Waals surface area contributed by atoms with Gasteiger partial charge in [-0.15, -0.1) is 0 Å². The van der Waals surface area contributed by atoms with E-state index in [1.165, 1.54) is 0 Å². The van der Waals surface area contributed by atoms with Crippen molar-refractivity contribution in [3.8, 4) is 5.69 Å². The van der Waals surface area contributed by atoms with Gasteiger partial charge in [-0.2, -0.15) is 5.10 Å². The van der Waals surface area contributed by atoms with E-state index < -0.39 is 0 Å². The Bertz CT molecular complexity index is 465. The minimum absolute atomic E-state index is 0.711. The van der Waals surface area contributed by atoms with E-state index in [0.717, 1.165) is 16.0 Å². The minimum atomic E-state index is 0.711. The average molecular weight is 272 g/mol. The number of aromatic nitrogens is 2. The standard InChI is InChI=1S/C10H8BrClN2/c1-7-5-10(11)14(13-7)9-4-2-3-8(12)6-9/h2-6H,1H3. The molecule has 72 valence electrons. The van der Waals surface area contributed by atoms with E-state index in [1.54, 1.807) is 4.68 Å². The molecule has 0 unspecified atom stereocenters. The van der Waals surface area contributed by atoms with Gasteiger partial charge < -0.3 is 0 Å². The SMILES string of the molecule is Cc1cc(Br)n(-c2cccc(Cl)c2)n1. The van der Waals surface area contributed by atoms with E-state index in [-0.39, 0.29) is 0 Å². The Hall–Kier alpha value is -0.800. The zero-order valence-electron chi connectivity index (χ0n) is 7.54. The van der Waals surface area contributed by atoms with Crippen molar-refractivity contribution in [3.05, 3.63) is 45.7 Å². The number of rotatable bonds is 1. The monoisotopic (exact) mass is 270 g/mol. The highest BCUT2D eigenvalue weighted by molar-refractivity contribution is 9.10. The van der Waals surface area contributed by atoms with Gasteiger partial charge in [0.25, 0.3) is 0 Å². The van der Waals surface area contributed by atoms with E-state index in [9.17, 15) is 0 Å². The summed E-state index contributed by atoms with van der Waals surface area (Å²) in [4.78, 5) is 0. The molecule has 2 nitrogen and oxygen atoms in total. The third-order valence-electron chi connectivity index (χ3n) is 1.84. The van der Waals surface area contributed by atoms with Crippen LogP contribution in [0.5, 0.6) is 0 Å². The van der Waals surface area contributed by atoms with Crippen LogP contribution in [0.15, 0.2) is 34.9 Å². The molecule has 2 rings (SSSR count). The summed E-state index contributed by atoms with van der Waals surface area (Å²) in [7, 11) is 0. The second-order valence-corrected chi connectivity index (χ2v) is 4.25. The largest absolute Gasteiger partial charge is 0.226 e. The molecule has 4 heteroatoms. The topological polar surface area (TPSA) is 17.8 Å². The van der Waals surface area contributed by atoms with Gasteiger partial charge in [0.05, 0.1) is 11.4 Å². The Kier molecular flexibility index (Phi) is 2.61. The van der Waals surface area contributed by atoms with E-state index in [2.05, 4.69) is 21.0 Å². The summed E-state index contributed by atoms with van der Waals surface area (Å²) in [6.45, 7) is 1.95. The molecule has 0 radical (unpaired) electrons. The maximum absolute atomic E-state index is 5.90. The molecule has 0 spiro atoms. The van der Waals surface area contributed by atoms with Crippen LogP contribution in [-0.2, 0) is 0 Å². The van der Waals surface area contributed by atoms with E-state index in [1.807, 2.05) is 37.3 Å². The van der Waals surface area contributed by atoms with Crippen LogP contribution in [0.4, 0.5) is 0 Å². The molecule has 0 aliphatic carbocycles. The third-order valence-corrected chi connectivity index (χ3v) is 2.64. The maximum atomic E-state index is 5.90. The predicted octanol–water partition coefficient (Wildman–Crippen LogP) is 3.60. The molecular weight excluding hydrogens is 263 g/mol. The number of aryl methyl sites for hydroxylation is 1. The van der Waals surface area contributed by atoms with Gasteiger partial charge in [0.2, 0.25) is 0 Å². The summed E-state index contributed by atoms with van der Waals surface area (Å²) in [6, 6.07) is 9.54. The van der Waals surface area contributed by atoms with Crippen molar-refractivity contribution in [2.45, 2.75) is 6.92 Å². The molecule has 0 saturated heterocycles. The molecule has 0 aliphatic rings. The normalized spacial score (nSPS) is 10.5. The predicted molar refractivity (Wildman–Crippen MR) is 61.0 cm³/mol. The highest BCUT2D eigenvalue weighted by atomic mass is 79.9. The lowest BCUT2D eigenvalue weighted by Gasteiger charge is -2.02. The molecule has 2 aromatic rings. The van der Waals surface area contributed by atoms with Gasteiger partial charge in [-0.1, -0.05) is 17.7 Å². The summed E-state index contributed by atoms with van der Waals surface area (Å²) in [5.41, 5.74) is 1.93. The van der Waals surface area contributed by atoms with Crippen molar-refractivity contribution >= 4 is 27.5 Å². The Morgan fingerprint density at radius 3 is 2.71 bits per heavy atom. The van der Waals surface area contributed by atoms with Gasteiger partial charge in [-0.05, 0) is 47.1 Å². The fourth-order valence-electron chi connectivity index (χ4n) is 1.26. The molecule has 0 bridgehead atoms. The second-order valence-electron chi connectivity index (χ2n) is 3.00. The fourth-order valence-corrected chi connectivity index (χ4v) is 2.06. The maximum Gasteiger partial charge on any atom is 0.110 e. The van der Waals surface area contributed by atoms with Gasteiger partial charge in [-0.25, -0.2) is 4.68 Å². The number of nitrogens with zero attached hydrogens (tertiary/aromatic N) is 2. The van der Waals surface area contributed by atoms with Crippen molar-refractivity contribution in [2.24, 2.45) is 0 Å². The molecule has 0 N–H and O–H groups in total. The van der Waals surface area contributed by atoms with Crippen LogP contribution in [0, 0.1) is 6.92 Å². The van der Waals surface area contributed by atoms with E-state index in [0.29, 0.717) is 5.02 Å². The fraction of sp³-hybridized carbons (Fsp3) is 0.100. The van der Waals surface area contributed by atoms with Crippen molar-refractivity contribution in [3.63, 3.8) is 0 Å². The average Bonchev–Trinajstić information content (AvgIpc) is 2.45. The number of halogens is 2. The smallest absolute Gasteiger partial charge is 0.110 e. The highest BCUT2D eigenvalue weighted by Crippen LogP contribution is 2.20. The Morgan fingerprint density at radius 1 is 1.36 bits per heavy atom. The Labute approximate surface area is 95.6 Å². The number of benzene rings is 1. The first-order valence-electron chi connectivity index (χ1n) is 4.15. The summed E-state index contributed by atoms with van der Waals surface area (Å²) in [5, 5.41) is 5.04. The van der Waals surface area contributed by atoms with Gasteiger partial charge in [0.1, 0.15) is 4.60 Å². The van der Waals surface area contributed by atoms with Gasteiger partial charge in [-0.3, -0.25) is 0 Å². The van der Waals surface area contributed by atoms with Gasteiger partial charge in [0.15, 0.2) is 0 Å². The van der Waals surface area contributed by atoms with E-state index in [4.69, 9.17) is 11.6 Å². The van der Waals surface area contributed by atoms with E-state index >= 15 is 0 Å². The van der Waals surface area contributed by atoms with Crippen molar-refractivity contribution in [1.82, 2.24) is 9.78 Å². The molecule has 1 aromatic heterocycles. The molecule has 0 saturated carbocycles. The summed E-state index contributed by atoms with van der Waals surface area (Å²) < 4.78 is 2.73. The zero-order valence-corrected chi connectivity index (χ0v) is 9.88. The Morgan fingerprint density at radius 2 is 2.14 bits per heavy atom. The van der Waals surface area contributed by atoms with Crippen LogP contribution in [0.2, 0.25) is 5.02 Å². The minimum Gasteiger partial charge on any atom is -0.226 e. The first kappa shape index (κ1) is 9.74. The van der Waals surface area contributed by atoms with Crippen LogP contribution in [0.25, 0.3) is 5.69 Å². The molecule has 0 aliphatic heterocycles. The lowest BCUT2D eigenvalue weighted by Crippen LogP contribution is -1.96. The molecule has 0 amide bonds. The first-order valence-corrected chi connectivity index (χ1v) is 5.32. The summed E-state index contributed by atoms with van der Waals surface area (Å²) in [6.07, 6.45) is 0. The molecule has 0 atom stereocenters. The molecular formula is C10H8BrClN2. The van der Waals surface area contributed by atoms with Gasteiger partial charge >= 0.3 is 0 Å². The molecule has 0 fully saturated rings. The Balaban J connectivity index is 2.54. The van der Waals surface area contributed by atoms with Crippen LogP contribution in [0.3, 0.4) is 0 Å². The number of hydrogen-bond donors (Lipinski definition) is 0. The molecule has 1 heterocycles. The van der Waals surface area contributed by atoms with Crippen molar-refractivity contribution in [2.75, 3.05) is 0 Å². The highest BCUT2D eigenvalue weighted by Gasteiger charge is 2.04. The van der Waals surface area contributed by atoms with Crippen LogP contribution in [0.1, 0.15) is 5.69 Å². The lowest BCUT2D eigenvalue weighted by molar-refractivity contribution is 0.845. The summed E-state index contributed by atoms with van der Waals surface area (Å²) in [5.74, 6) is 0. The van der Waals surface area contributed by atoms with Gasteiger partial charge in [0, 0.05) is 5.02 Å². The summed E-state index contributed by atoms with van der Waals surface area (Å²) >= 11 is 9.33. The number of hydrogen-bond acceptors (Lipinski definition) is 1. The third kappa shape index (κ3) is 1.83. The van der Waals surface area contributed by atoms with Crippen molar-refractivity contribution < 1.29 is 0 Å². The molecule has 14 heavy (non-hydrogen) atoms. The first-order chi connectivity index (χ1) is 6.66. The lowest BCUT2D eigenvalue weighted by atomic mass is 10.3. The van der Waals surface area contributed by atoms with Crippen molar-refractivity contribution in [1.29, 1.82) is 0 Å². The quantitative estimate of drug-likeness (QED) is 0.775. The molecule has 1 aromatic carbocycles. The van der Waals surface area contributed by atoms with Crippen LogP contribution >= 0.6 is 27.5 Å². The van der Waals surface area contributed by atoms with Crippen LogP contribution < -0.4 is 0 Å². The zero-order chi connectivity index (χ0) is 10.1. The second kappa shape index (κ2) is 3.75.